The maximum absolute atomic E-state index is 12.2. The van der Waals surface area contributed by atoms with Gasteiger partial charge in [0.15, 0.2) is 5.78 Å². The molecule has 1 saturated carbocycles. The van der Waals surface area contributed by atoms with Crippen molar-refractivity contribution in [2.24, 2.45) is 17.8 Å². The molecule has 0 bridgehead atoms. The Morgan fingerprint density at radius 3 is 2.68 bits per heavy atom. The highest BCUT2D eigenvalue weighted by Gasteiger charge is 2.42. The molecule has 4 heteroatoms. The summed E-state index contributed by atoms with van der Waals surface area (Å²) >= 11 is 0. The molecule has 0 aromatic heterocycles. The predicted octanol–water partition coefficient (Wildman–Crippen LogP) is 5.23. The topological polar surface area (TPSA) is 74.6 Å². The molecule has 2 aliphatic rings. The summed E-state index contributed by atoms with van der Waals surface area (Å²) in [6.07, 6.45) is 21.2. The van der Waals surface area contributed by atoms with Gasteiger partial charge in [-0.05, 0) is 56.9 Å². The number of carbonyl (C=O) groups is 2. The van der Waals surface area contributed by atoms with Gasteiger partial charge in [-0.2, -0.15) is 0 Å². The minimum absolute atomic E-state index is 0.0684. The molecule has 0 saturated heterocycles. The van der Waals surface area contributed by atoms with Gasteiger partial charge < -0.3 is 10.2 Å². The Bertz CT molecular complexity index is 600. The number of unbranched alkanes of at least 4 members (excludes halogenated alkanes) is 3. The molecule has 28 heavy (non-hydrogen) atoms. The van der Waals surface area contributed by atoms with Crippen molar-refractivity contribution >= 4 is 11.8 Å². The van der Waals surface area contributed by atoms with Gasteiger partial charge in [0.2, 0.25) is 0 Å². The summed E-state index contributed by atoms with van der Waals surface area (Å²) in [5.41, 5.74) is -0.572. The average molecular weight is 389 g/mol. The molecule has 2 rings (SSSR count). The first kappa shape index (κ1) is 22.6. The summed E-state index contributed by atoms with van der Waals surface area (Å²) in [4.78, 5) is 22.7. The summed E-state index contributed by atoms with van der Waals surface area (Å²) in [6, 6.07) is 0. The second-order valence-corrected chi connectivity index (χ2v) is 8.41. The van der Waals surface area contributed by atoms with Crippen molar-refractivity contribution in [1.29, 1.82) is 0 Å². The lowest BCUT2D eigenvalue weighted by Crippen LogP contribution is -2.30. The maximum atomic E-state index is 12.2. The number of aliphatic hydroxyl groups is 1. The van der Waals surface area contributed by atoms with Gasteiger partial charge in [0.1, 0.15) is 0 Å². The molecule has 1 unspecified atom stereocenters. The van der Waals surface area contributed by atoms with Crippen LogP contribution in [0.5, 0.6) is 0 Å². The molecular weight excluding hydrogens is 352 g/mol. The SMILES string of the molecule is CCCCCC(O)(CC=C[C@H]1C=CC(=O)[C@@H]1CC=CCCCC(=O)O)C1CC1. The third kappa shape index (κ3) is 7.38. The van der Waals surface area contributed by atoms with Gasteiger partial charge in [-0.25, -0.2) is 0 Å². The Kier molecular flexibility index (Phi) is 9.17. The van der Waals surface area contributed by atoms with E-state index >= 15 is 0 Å². The first-order valence-corrected chi connectivity index (χ1v) is 10.9. The van der Waals surface area contributed by atoms with Gasteiger partial charge in [-0.1, -0.05) is 56.6 Å². The van der Waals surface area contributed by atoms with Crippen LogP contribution in [0.2, 0.25) is 0 Å². The highest BCUT2D eigenvalue weighted by Crippen LogP contribution is 2.44. The monoisotopic (exact) mass is 388 g/mol. The van der Waals surface area contributed by atoms with Gasteiger partial charge >= 0.3 is 5.97 Å². The van der Waals surface area contributed by atoms with Crippen LogP contribution < -0.4 is 0 Å². The van der Waals surface area contributed by atoms with E-state index in [1.54, 1.807) is 6.08 Å². The molecule has 0 aliphatic heterocycles. The van der Waals surface area contributed by atoms with Gasteiger partial charge in [0.05, 0.1) is 5.60 Å². The fourth-order valence-electron chi connectivity index (χ4n) is 4.06. The number of hydrogen-bond acceptors (Lipinski definition) is 3. The second-order valence-electron chi connectivity index (χ2n) is 8.41. The number of hydrogen-bond donors (Lipinski definition) is 2. The van der Waals surface area contributed by atoms with Crippen LogP contribution in [0, 0.1) is 17.8 Å². The van der Waals surface area contributed by atoms with E-state index in [-0.39, 0.29) is 24.0 Å². The van der Waals surface area contributed by atoms with Crippen molar-refractivity contribution in [2.75, 3.05) is 0 Å². The highest BCUT2D eigenvalue weighted by molar-refractivity contribution is 5.95. The summed E-state index contributed by atoms with van der Waals surface area (Å²) < 4.78 is 0. The van der Waals surface area contributed by atoms with Crippen LogP contribution in [0.15, 0.2) is 36.5 Å². The first-order valence-electron chi connectivity index (χ1n) is 10.9. The van der Waals surface area contributed by atoms with Crippen molar-refractivity contribution in [2.45, 2.75) is 83.2 Å². The molecule has 1 fully saturated rings. The molecule has 0 amide bonds. The van der Waals surface area contributed by atoms with Gasteiger partial charge in [-0.3, -0.25) is 9.59 Å². The molecule has 4 nitrogen and oxygen atoms in total. The van der Waals surface area contributed by atoms with E-state index in [2.05, 4.69) is 19.1 Å². The van der Waals surface area contributed by atoms with Crippen LogP contribution in [-0.4, -0.2) is 27.6 Å². The van der Waals surface area contributed by atoms with Gasteiger partial charge in [0, 0.05) is 18.3 Å². The van der Waals surface area contributed by atoms with E-state index in [1.165, 1.54) is 6.42 Å². The van der Waals surface area contributed by atoms with Crippen molar-refractivity contribution in [3.63, 3.8) is 0 Å². The number of ketones is 1. The standard InChI is InChI=1S/C24H36O4/c1-2-3-8-17-24(28,20-14-15-20)18-9-10-19-13-16-22(25)21(19)11-6-4-5-7-12-23(26)27/h4,6,9-10,13,16,19-21,28H,2-3,5,7-8,11-12,14-15,17-18H2,1H3,(H,26,27)/t19-,21+,24?/m0/s1. The normalized spacial score (nSPS) is 24.4. The number of carbonyl (C=O) groups excluding carboxylic acids is 1. The Labute approximate surface area is 169 Å². The minimum atomic E-state index is -0.769. The van der Waals surface area contributed by atoms with E-state index in [4.69, 9.17) is 5.11 Å². The lowest BCUT2D eigenvalue weighted by molar-refractivity contribution is -0.137. The van der Waals surface area contributed by atoms with Crippen molar-refractivity contribution in [3.8, 4) is 0 Å². The van der Waals surface area contributed by atoms with E-state index < -0.39 is 11.6 Å². The zero-order chi connectivity index (χ0) is 20.4. The molecule has 156 valence electrons. The van der Waals surface area contributed by atoms with E-state index in [9.17, 15) is 14.7 Å². The fourth-order valence-corrected chi connectivity index (χ4v) is 4.06. The number of rotatable bonds is 14. The third-order valence-electron chi connectivity index (χ3n) is 6.01. The molecule has 0 radical (unpaired) electrons. The Balaban J connectivity index is 1.81. The summed E-state index contributed by atoms with van der Waals surface area (Å²) in [7, 11) is 0. The Morgan fingerprint density at radius 2 is 2.00 bits per heavy atom. The smallest absolute Gasteiger partial charge is 0.303 e. The predicted molar refractivity (Wildman–Crippen MR) is 112 cm³/mol. The van der Waals surface area contributed by atoms with Gasteiger partial charge in [-0.15, -0.1) is 0 Å². The van der Waals surface area contributed by atoms with Crippen LogP contribution >= 0.6 is 0 Å². The third-order valence-corrected chi connectivity index (χ3v) is 6.01. The molecule has 0 aromatic carbocycles. The number of aliphatic carboxylic acids is 1. The van der Waals surface area contributed by atoms with E-state index in [1.807, 2.05) is 18.2 Å². The van der Waals surface area contributed by atoms with E-state index in [0.29, 0.717) is 25.2 Å². The first-order chi connectivity index (χ1) is 13.5. The van der Waals surface area contributed by atoms with E-state index in [0.717, 1.165) is 38.5 Å². The fraction of sp³-hybridized carbons (Fsp3) is 0.667. The molecule has 2 aliphatic carbocycles. The second kappa shape index (κ2) is 11.4. The molecular formula is C24H36O4. The van der Waals surface area contributed by atoms with Crippen LogP contribution in [0.25, 0.3) is 0 Å². The van der Waals surface area contributed by atoms with Crippen molar-refractivity contribution in [3.05, 3.63) is 36.5 Å². The van der Waals surface area contributed by atoms with Crippen LogP contribution in [0.4, 0.5) is 0 Å². The largest absolute Gasteiger partial charge is 0.481 e. The van der Waals surface area contributed by atoms with Crippen LogP contribution in [0.1, 0.15) is 77.6 Å². The summed E-state index contributed by atoms with van der Waals surface area (Å²) in [6.45, 7) is 2.18. The van der Waals surface area contributed by atoms with Crippen LogP contribution in [-0.2, 0) is 9.59 Å². The highest BCUT2D eigenvalue weighted by atomic mass is 16.4. The number of allylic oxidation sites excluding steroid dienone is 5. The molecule has 2 N–H and O–H groups in total. The molecule has 0 heterocycles. The van der Waals surface area contributed by atoms with Crippen molar-refractivity contribution in [1.82, 2.24) is 0 Å². The zero-order valence-electron chi connectivity index (χ0n) is 17.2. The Morgan fingerprint density at radius 1 is 1.21 bits per heavy atom. The summed E-state index contributed by atoms with van der Waals surface area (Å²) in [5.74, 6) is -0.143. The van der Waals surface area contributed by atoms with Crippen molar-refractivity contribution < 1.29 is 19.8 Å². The quantitative estimate of drug-likeness (QED) is 0.316. The maximum Gasteiger partial charge on any atom is 0.303 e. The molecule has 0 aromatic rings. The van der Waals surface area contributed by atoms with Crippen LogP contribution in [0.3, 0.4) is 0 Å². The molecule has 0 spiro atoms. The number of carboxylic acids is 1. The zero-order valence-corrected chi connectivity index (χ0v) is 17.2. The lowest BCUT2D eigenvalue weighted by Gasteiger charge is -2.27. The number of carboxylic acid groups (broad SMARTS) is 1. The minimum Gasteiger partial charge on any atom is -0.481 e. The molecule has 3 atom stereocenters. The Hall–Kier alpha value is -1.68. The van der Waals surface area contributed by atoms with Gasteiger partial charge in [0.25, 0.3) is 0 Å². The summed E-state index contributed by atoms with van der Waals surface area (Å²) in [5, 5.41) is 19.7. The lowest BCUT2D eigenvalue weighted by atomic mass is 9.86. The average Bonchev–Trinajstić information content (AvgIpc) is 3.45.